The zero-order chi connectivity index (χ0) is 13.9. The van der Waals surface area contributed by atoms with E-state index < -0.39 is 0 Å². The molecule has 1 amide bonds. The minimum absolute atomic E-state index is 0.124. The summed E-state index contributed by atoms with van der Waals surface area (Å²) in [6, 6.07) is 6.39. The highest BCUT2D eigenvalue weighted by Gasteiger charge is 2.16. The van der Waals surface area contributed by atoms with Crippen molar-refractivity contribution in [3.8, 4) is 0 Å². The Morgan fingerprint density at radius 2 is 2.45 bits per heavy atom. The molecule has 4 nitrogen and oxygen atoms in total. The Morgan fingerprint density at radius 3 is 3.25 bits per heavy atom. The van der Waals surface area contributed by atoms with Crippen LogP contribution in [0.15, 0.2) is 22.7 Å². The molecule has 6 heteroatoms. The summed E-state index contributed by atoms with van der Waals surface area (Å²) in [4.78, 5) is 16.4. The number of hydrogen-bond acceptors (Lipinski definition) is 4. The molecule has 1 fully saturated rings. The van der Waals surface area contributed by atoms with E-state index in [4.69, 9.17) is 0 Å². The fraction of sp³-hybridized carbons (Fsp3) is 0.429. The van der Waals surface area contributed by atoms with E-state index in [-0.39, 0.29) is 5.91 Å². The molecular formula is C14H16BrN3OS. The molecule has 2 N–H and O–H groups in total. The lowest BCUT2D eigenvalue weighted by molar-refractivity contribution is -0.121. The summed E-state index contributed by atoms with van der Waals surface area (Å²) in [6.45, 7) is 1.89. The molecule has 2 heterocycles. The van der Waals surface area contributed by atoms with E-state index in [2.05, 4.69) is 37.6 Å². The summed E-state index contributed by atoms with van der Waals surface area (Å²) in [7, 11) is 0. The quantitative estimate of drug-likeness (QED) is 0.887. The fourth-order valence-electron chi connectivity index (χ4n) is 2.35. The van der Waals surface area contributed by atoms with Crippen LogP contribution in [0.4, 0.5) is 0 Å². The van der Waals surface area contributed by atoms with Crippen LogP contribution in [0.1, 0.15) is 17.8 Å². The van der Waals surface area contributed by atoms with Gasteiger partial charge in [0.15, 0.2) is 0 Å². The first-order valence-corrected chi connectivity index (χ1v) is 8.37. The van der Waals surface area contributed by atoms with Crippen molar-refractivity contribution in [1.29, 1.82) is 0 Å². The average molecular weight is 354 g/mol. The van der Waals surface area contributed by atoms with Crippen molar-refractivity contribution >= 4 is 43.4 Å². The van der Waals surface area contributed by atoms with E-state index in [0.717, 1.165) is 34.5 Å². The number of aryl methyl sites for hydroxylation is 1. The Labute approximate surface area is 130 Å². The van der Waals surface area contributed by atoms with Gasteiger partial charge in [-0.1, -0.05) is 15.9 Å². The third-order valence-electron chi connectivity index (χ3n) is 3.39. The van der Waals surface area contributed by atoms with Crippen LogP contribution < -0.4 is 10.6 Å². The van der Waals surface area contributed by atoms with Crippen molar-refractivity contribution < 1.29 is 4.79 Å². The van der Waals surface area contributed by atoms with Crippen LogP contribution in [-0.2, 0) is 11.2 Å². The van der Waals surface area contributed by atoms with E-state index in [1.165, 1.54) is 4.70 Å². The Morgan fingerprint density at radius 1 is 1.55 bits per heavy atom. The first kappa shape index (κ1) is 14.0. The number of nitrogens with one attached hydrogen (secondary N) is 2. The second-order valence-corrected chi connectivity index (χ2v) is 7.01. The zero-order valence-electron chi connectivity index (χ0n) is 11.0. The van der Waals surface area contributed by atoms with E-state index in [1.807, 2.05) is 12.1 Å². The Kier molecular flexibility index (Phi) is 4.33. The summed E-state index contributed by atoms with van der Waals surface area (Å²) in [6.07, 6.45) is 2.25. The van der Waals surface area contributed by atoms with Gasteiger partial charge in [0.1, 0.15) is 0 Å². The molecule has 1 aromatic carbocycles. The SMILES string of the molecule is O=C(CCc1nc2cc(Br)ccc2s1)NC1CCNC1. The van der Waals surface area contributed by atoms with Crippen LogP contribution in [0.25, 0.3) is 10.2 Å². The normalized spacial score (nSPS) is 18.6. The molecule has 2 aromatic rings. The topological polar surface area (TPSA) is 54.0 Å². The molecule has 0 spiro atoms. The molecule has 1 unspecified atom stereocenters. The first-order valence-electron chi connectivity index (χ1n) is 6.76. The van der Waals surface area contributed by atoms with Crippen molar-refractivity contribution in [2.75, 3.05) is 13.1 Å². The third-order valence-corrected chi connectivity index (χ3v) is 4.97. The van der Waals surface area contributed by atoms with Gasteiger partial charge in [-0.15, -0.1) is 11.3 Å². The molecule has 1 saturated heterocycles. The molecule has 1 atom stereocenters. The van der Waals surface area contributed by atoms with Gasteiger partial charge in [-0.2, -0.15) is 0 Å². The maximum atomic E-state index is 11.9. The summed E-state index contributed by atoms with van der Waals surface area (Å²) >= 11 is 5.11. The Hall–Kier alpha value is -0.980. The highest BCUT2D eigenvalue weighted by molar-refractivity contribution is 9.10. The number of nitrogens with zero attached hydrogens (tertiary/aromatic N) is 1. The van der Waals surface area contributed by atoms with Gasteiger partial charge in [0.25, 0.3) is 0 Å². The highest BCUT2D eigenvalue weighted by atomic mass is 79.9. The molecule has 0 saturated carbocycles. The van der Waals surface area contributed by atoms with Gasteiger partial charge in [0.05, 0.1) is 15.2 Å². The van der Waals surface area contributed by atoms with Gasteiger partial charge in [-0.25, -0.2) is 4.98 Å². The molecule has 0 aliphatic carbocycles. The molecule has 0 radical (unpaired) electrons. The fourth-order valence-corrected chi connectivity index (χ4v) is 3.65. The number of carbonyl (C=O) groups is 1. The number of rotatable bonds is 4. The van der Waals surface area contributed by atoms with Crippen LogP contribution in [0.5, 0.6) is 0 Å². The first-order chi connectivity index (χ1) is 9.70. The second-order valence-electron chi connectivity index (χ2n) is 4.98. The molecule has 3 rings (SSSR count). The molecule has 0 bridgehead atoms. The van der Waals surface area contributed by atoms with Gasteiger partial charge in [-0.3, -0.25) is 4.79 Å². The average Bonchev–Trinajstić information content (AvgIpc) is 3.04. The predicted octanol–water partition coefficient (Wildman–Crippen LogP) is 2.47. The molecule has 1 aliphatic rings. The molecular weight excluding hydrogens is 338 g/mol. The lowest BCUT2D eigenvalue weighted by atomic mass is 10.2. The predicted molar refractivity (Wildman–Crippen MR) is 85.1 cm³/mol. The number of amides is 1. The maximum absolute atomic E-state index is 11.9. The van der Waals surface area contributed by atoms with Gasteiger partial charge < -0.3 is 10.6 Å². The molecule has 106 valence electrons. The number of halogens is 1. The summed E-state index contributed by atoms with van der Waals surface area (Å²) in [5.74, 6) is 0.124. The Bertz CT molecular complexity index is 622. The van der Waals surface area contributed by atoms with Gasteiger partial charge in [-0.05, 0) is 31.2 Å². The molecule has 1 aromatic heterocycles. The van der Waals surface area contributed by atoms with E-state index >= 15 is 0 Å². The number of hydrogen-bond donors (Lipinski definition) is 2. The van der Waals surface area contributed by atoms with Crippen molar-refractivity contribution in [2.24, 2.45) is 0 Å². The van der Waals surface area contributed by atoms with Gasteiger partial charge >= 0.3 is 0 Å². The van der Waals surface area contributed by atoms with Crippen molar-refractivity contribution in [2.45, 2.75) is 25.3 Å². The lowest BCUT2D eigenvalue weighted by Gasteiger charge is -2.10. The maximum Gasteiger partial charge on any atom is 0.220 e. The zero-order valence-corrected chi connectivity index (χ0v) is 13.4. The van der Waals surface area contributed by atoms with Crippen LogP contribution in [0, 0.1) is 0 Å². The molecule has 20 heavy (non-hydrogen) atoms. The number of thiazole rings is 1. The summed E-state index contributed by atoms with van der Waals surface area (Å²) < 4.78 is 2.21. The van der Waals surface area contributed by atoms with Crippen LogP contribution in [0.3, 0.4) is 0 Å². The Balaban J connectivity index is 1.57. The monoisotopic (exact) mass is 353 g/mol. The van der Waals surface area contributed by atoms with Crippen molar-refractivity contribution in [1.82, 2.24) is 15.6 Å². The minimum atomic E-state index is 0.124. The van der Waals surface area contributed by atoms with Crippen molar-refractivity contribution in [3.05, 3.63) is 27.7 Å². The van der Waals surface area contributed by atoms with Gasteiger partial charge in [0.2, 0.25) is 5.91 Å². The molecule has 1 aliphatic heterocycles. The number of carbonyl (C=O) groups excluding carboxylic acids is 1. The van der Waals surface area contributed by atoms with Crippen LogP contribution >= 0.6 is 27.3 Å². The minimum Gasteiger partial charge on any atom is -0.352 e. The summed E-state index contributed by atoms with van der Waals surface area (Å²) in [5.41, 5.74) is 1.000. The van der Waals surface area contributed by atoms with Crippen LogP contribution in [0.2, 0.25) is 0 Å². The number of benzene rings is 1. The smallest absolute Gasteiger partial charge is 0.220 e. The summed E-state index contributed by atoms with van der Waals surface area (Å²) in [5, 5.41) is 7.33. The second kappa shape index (κ2) is 6.20. The van der Waals surface area contributed by atoms with E-state index in [9.17, 15) is 4.79 Å². The number of fused-ring (bicyclic) bond motifs is 1. The standard InChI is InChI=1S/C14H16BrN3OS/c15-9-1-2-12-11(7-9)18-14(20-12)4-3-13(19)17-10-5-6-16-8-10/h1-2,7,10,16H,3-6,8H2,(H,17,19). The van der Waals surface area contributed by atoms with Gasteiger partial charge in [0, 0.05) is 29.9 Å². The third kappa shape index (κ3) is 3.37. The highest BCUT2D eigenvalue weighted by Crippen LogP contribution is 2.25. The lowest BCUT2D eigenvalue weighted by Crippen LogP contribution is -2.36. The van der Waals surface area contributed by atoms with Crippen molar-refractivity contribution in [3.63, 3.8) is 0 Å². The largest absolute Gasteiger partial charge is 0.352 e. The van der Waals surface area contributed by atoms with Crippen LogP contribution in [-0.4, -0.2) is 30.0 Å². The van der Waals surface area contributed by atoms with E-state index in [1.54, 1.807) is 11.3 Å². The van der Waals surface area contributed by atoms with E-state index in [0.29, 0.717) is 18.9 Å². The number of aromatic nitrogens is 1.